The van der Waals surface area contributed by atoms with Gasteiger partial charge in [-0.05, 0) is 42.9 Å². The highest BCUT2D eigenvalue weighted by Gasteiger charge is 2.58. The molecule has 1 N–H and O–H groups in total. The molecule has 0 aromatic heterocycles. The number of carboxylic acids is 1. The van der Waals surface area contributed by atoms with Crippen LogP contribution in [0.4, 0.5) is 0 Å². The van der Waals surface area contributed by atoms with Gasteiger partial charge in [0.15, 0.2) is 0 Å². The van der Waals surface area contributed by atoms with Crippen molar-refractivity contribution >= 4 is 23.5 Å². The van der Waals surface area contributed by atoms with Gasteiger partial charge in [-0.25, -0.2) is 0 Å². The fourth-order valence-electron chi connectivity index (χ4n) is 4.67. The summed E-state index contributed by atoms with van der Waals surface area (Å²) < 4.78 is 5.47. The van der Waals surface area contributed by atoms with Crippen LogP contribution < -0.4 is 0 Å². The number of hydrogen-bond acceptors (Lipinski definition) is 3. The largest absolute Gasteiger partial charge is 0.481 e. The molecule has 5 nitrogen and oxygen atoms in total. The topological polar surface area (TPSA) is 66.8 Å². The zero-order chi connectivity index (χ0) is 17.7. The lowest BCUT2D eigenvalue weighted by molar-refractivity contribution is -0.160. The van der Waals surface area contributed by atoms with Crippen molar-refractivity contribution in [2.75, 3.05) is 26.3 Å². The van der Waals surface area contributed by atoms with Gasteiger partial charge in [0.1, 0.15) is 5.41 Å². The first-order valence-corrected chi connectivity index (χ1v) is 9.22. The van der Waals surface area contributed by atoms with Gasteiger partial charge < -0.3 is 14.7 Å². The Morgan fingerprint density at radius 2 is 1.96 bits per heavy atom. The number of carbonyl (C=O) groups excluding carboxylic acids is 1. The summed E-state index contributed by atoms with van der Waals surface area (Å²) in [6.45, 7) is 1.54. The monoisotopic (exact) mass is 363 g/mol. The molecule has 2 saturated heterocycles. The van der Waals surface area contributed by atoms with E-state index in [0.717, 1.165) is 24.8 Å². The fourth-order valence-corrected chi connectivity index (χ4v) is 4.80. The molecule has 6 heteroatoms. The van der Waals surface area contributed by atoms with Crippen LogP contribution in [0.5, 0.6) is 0 Å². The van der Waals surface area contributed by atoms with Crippen molar-refractivity contribution in [2.45, 2.75) is 31.1 Å². The highest BCUT2D eigenvalue weighted by Crippen LogP contribution is 2.49. The van der Waals surface area contributed by atoms with Crippen LogP contribution in [0, 0.1) is 11.3 Å². The Hall–Kier alpha value is -1.59. The zero-order valence-corrected chi connectivity index (χ0v) is 14.8. The van der Waals surface area contributed by atoms with E-state index in [1.165, 1.54) is 0 Å². The van der Waals surface area contributed by atoms with Gasteiger partial charge in [0.25, 0.3) is 0 Å². The summed E-state index contributed by atoms with van der Waals surface area (Å²) in [5.41, 5.74) is -0.471. The Labute approximate surface area is 151 Å². The first kappa shape index (κ1) is 16.9. The van der Waals surface area contributed by atoms with E-state index >= 15 is 0 Å². The molecular weight excluding hydrogens is 342 g/mol. The lowest BCUT2D eigenvalue weighted by Gasteiger charge is -2.43. The minimum atomic E-state index is -0.946. The van der Waals surface area contributed by atoms with Crippen molar-refractivity contribution in [1.82, 2.24) is 4.90 Å². The fraction of sp³-hybridized carbons (Fsp3) is 0.579. The number of likely N-dealkylation sites (tertiary alicyclic amines) is 1. The molecule has 134 valence electrons. The maximum Gasteiger partial charge on any atom is 0.314 e. The molecule has 1 aliphatic carbocycles. The van der Waals surface area contributed by atoms with Crippen LogP contribution in [0.2, 0.25) is 5.02 Å². The van der Waals surface area contributed by atoms with Crippen LogP contribution in [-0.4, -0.2) is 48.2 Å². The van der Waals surface area contributed by atoms with Crippen LogP contribution >= 0.6 is 11.6 Å². The molecule has 0 spiro atoms. The molecule has 2 heterocycles. The van der Waals surface area contributed by atoms with E-state index in [0.29, 0.717) is 24.6 Å². The van der Waals surface area contributed by atoms with E-state index < -0.39 is 16.8 Å². The number of rotatable bonds is 3. The molecule has 1 amide bonds. The first-order valence-electron chi connectivity index (χ1n) is 8.85. The first-order chi connectivity index (χ1) is 12.0. The molecule has 1 aromatic carbocycles. The molecule has 0 radical (unpaired) electrons. The van der Waals surface area contributed by atoms with Crippen molar-refractivity contribution < 1.29 is 19.4 Å². The van der Waals surface area contributed by atoms with E-state index in [4.69, 9.17) is 16.3 Å². The summed E-state index contributed by atoms with van der Waals surface area (Å²) in [6.07, 6.45) is 3.33. The molecule has 2 aliphatic heterocycles. The lowest BCUT2D eigenvalue weighted by Crippen LogP contribution is -2.51. The van der Waals surface area contributed by atoms with E-state index in [2.05, 4.69) is 0 Å². The Kier molecular flexibility index (Phi) is 4.04. The number of fused-ring (bicyclic) bond motifs is 1. The highest BCUT2D eigenvalue weighted by atomic mass is 35.5. The molecule has 1 aromatic rings. The predicted octanol–water partition coefficient (Wildman–Crippen LogP) is 2.71. The third kappa shape index (κ3) is 2.48. The van der Waals surface area contributed by atoms with Crippen molar-refractivity contribution in [3.8, 4) is 0 Å². The highest BCUT2D eigenvalue weighted by molar-refractivity contribution is 6.30. The third-order valence-corrected chi connectivity index (χ3v) is 6.64. The quantitative estimate of drug-likeness (QED) is 0.896. The minimum Gasteiger partial charge on any atom is -0.481 e. The lowest BCUT2D eigenvalue weighted by atomic mass is 9.63. The smallest absolute Gasteiger partial charge is 0.314 e. The van der Waals surface area contributed by atoms with Crippen LogP contribution in [0.1, 0.15) is 31.2 Å². The van der Waals surface area contributed by atoms with Crippen LogP contribution in [-0.2, 0) is 19.7 Å². The second-order valence-corrected chi connectivity index (χ2v) is 8.06. The zero-order valence-electron chi connectivity index (χ0n) is 14.0. The molecule has 0 bridgehead atoms. The van der Waals surface area contributed by atoms with Gasteiger partial charge in [0.05, 0.1) is 12.0 Å². The van der Waals surface area contributed by atoms with Crippen LogP contribution in [0.15, 0.2) is 24.3 Å². The Morgan fingerprint density at radius 3 is 2.52 bits per heavy atom. The average molecular weight is 364 g/mol. The number of hydrogen-bond donors (Lipinski definition) is 1. The predicted molar refractivity (Wildman–Crippen MR) is 92.6 cm³/mol. The Bertz CT molecular complexity index is 700. The summed E-state index contributed by atoms with van der Waals surface area (Å²) in [4.78, 5) is 27.1. The second kappa shape index (κ2) is 5.99. The molecule has 4 rings (SSSR count). The second-order valence-electron chi connectivity index (χ2n) is 7.63. The molecule has 25 heavy (non-hydrogen) atoms. The summed E-state index contributed by atoms with van der Waals surface area (Å²) in [6, 6.07) is 7.50. The van der Waals surface area contributed by atoms with E-state index in [-0.39, 0.29) is 25.0 Å². The van der Waals surface area contributed by atoms with Crippen LogP contribution in [0.25, 0.3) is 0 Å². The molecule has 0 unspecified atom stereocenters. The SMILES string of the molecule is O=C(N1C[C@@H]2CCOC[C@]2(C(=O)O)C1)C1(c2ccc(Cl)cc2)CCC1. The summed E-state index contributed by atoms with van der Waals surface area (Å²) in [5.74, 6) is -0.803. The van der Waals surface area contributed by atoms with Gasteiger partial charge in [0.2, 0.25) is 5.91 Å². The number of halogens is 1. The molecule has 2 atom stereocenters. The van der Waals surface area contributed by atoms with E-state index in [1.54, 1.807) is 4.90 Å². The number of carboxylic acid groups (broad SMARTS) is 1. The van der Waals surface area contributed by atoms with Crippen LogP contribution in [0.3, 0.4) is 0 Å². The number of ether oxygens (including phenoxy) is 1. The molecular formula is C19H22ClNO4. The van der Waals surface area contributed by atoms with Crippen molar-refractivity contribution in [1.29, 1.82) is 0 Å². The number of amides is 1. The summed E-state index contributed by atoms with van der Waals surface area (Å²) in [7, 11) is 0. The maximum absolute atomic E-state index is 13.4. The van der Waals surface area contributed by atoms with Gasteiger partial charge in [-0.15, -0.1) is 0 Å². The van der Waals surface area contributed by atoms with Crippen molar-refractivity contribution in [2.24, 2.45) is 11.3 Å². The van der Waals surface area contributed by atoms with Gasteiger partial charge in [-0.3, -0.25) is 9.59 Å². The minimum absolute atomic E-state index is 0.0231. The number of benzene rings is 1. The van der Waals surface area contributed by atoms with E-state index in [1.807, 2.05) is 24.3 Å². The molecule has 1 saturated carbocycles. The number of carbonyl (C=O) groups is 2. The third-order valence-electron chi connectivity index (χ3n) is 6.39. The average Bonchev–Trinajstić information content (AvgIpc) is 2.96. The molecule has 3 aliphatic rings. The standard InChI is InChI=1S/C19H22ClNO4/c20-15-4-2-13(3-5-15)18(7-1-8-18)16(22)21-10-14-6-9-25-12-19(14,11-21)17(23)24/h2-5,14H,1,6-12H2,(H,23,24)/t14-,19+/m0/s1. The van der Waals surface area contributed by atoms with Crippen molar-refractivity contribution in [3.63, 3.8) is 0 Å². The van der Waals surface area contributed by atoms with Gasteiger partial charge >= 0.3 is 5.97 Å². The number of nitrogens with zero attached hydrogens (tertiary/aromatic N) is 1. The Balaban J connectivity index is 1.62. The van der Waals surface area contributed by atoms with Gasteiger partial charge in [-0.1, -0.05) is 30.2 Å². The normalized spacial score (nSPS) is 30.4. The van der Waals surface area contributed by atoms with Gasteiger partial charge in [-0.2, -0.15) is 0 Å². The van der Waals surface area contributed by atoms with Gasteiger partial charge in [0, 0.05) is 24.7 Å². The van der Waals surface area contributed by atoms with E-state index in [9.17, 15) is 14.7 Å². The molecule has 3 fully saturated rings. The summed E-state index contributed by atoms with van der Waals surface area (Å²) in [5, 5.41) is 10.4. The van der Waals surface area contributed by atoms with Crippen molar-refractivity contribution in [3.05, 3.63) is 34.9 Å². The number of aliphatic carboxylic acids is 1. The Morgan fingerprint density at radius 1 is 1.24 bits per heavy atom. The summed E-state index contributed by atoms with van der Waals surface area (Å²) >= 11 is 5.99. The maximum atomic E-state index is 13.4.